The number of carbonyl (C=O) groups excluding carboxylic acids is 2. The van der Waals surface area contributed by atoms with Crippen LogP contribution in [0.5, 0.6) is 5.75 Å². The van der Waals surface area contributed by atoms with Crippen LogP contribution in [0.4, 0.5) is 0 Å². The Morgan fingerprint density at radius 1 is 1.22 bits per heavy atom. The number of amides is 2. The maximum Gasteiger partial charge on any atom is 0.254 e. The van der Waals surface area contributed by atoms with Gasteiger partial charge in [-0.15, -0.1) is 0 Å². The molecule has 2 aromatic rings. The summed E-state index contributed by atoms with van der Waals surface area (Å²) in [5.74, 6) is 1.47. The van der Waals surface area contributed by atoms with Crippen molar-refractivity contribution in [2.24, 2.45) is 0 Å². The number of nitrogens with zero attached hydrogens (tertiary/aromatic N) is 4. The van der Waals surface area contributed by atoms with Gasteiger partial charge in [-0.2, -0.15) is 4.98 Å². The summed E-state index contributed by atoms with van der Waals surface area (Å²) in [5, 5.41) is 3.83. The summed E-state index contributed by atoms with van der Waals surface area (Å²) in [7, 11) is 1.59. The standard InChI is InChI=1S/C19H24N4O4/c1-12-15(6-5-7-17(12)26-4)19(25)22-9-8-16(18-20-13(2)21-27-18)23(11-10-22)14(3)24/h5-7,16H,8-11H2,1-4H3. The van der Waals surface area contributed by atoms with Crippen molar-refractivity contribution in [1.82, 2.24) is 19.9 Å². The summed E-state index contributed by atoms with van der Waals surface area (Å²) in [5.41, 5.74) is 1.41. The second kappa shape index (κ2) is 7.77. The third-order valence-electron chi connectivity index (χ3n) is 4.91. The molecule has 1 aliphatic heterocycles. The van der Waals surface area contributed by atoms with Crippen molar-refractivity contribution < 1.29 is 18.8 Å². The molecule has 2 heterocycles. The van der Waals surface area contributed by atoms with Crippen molar-refractivity contribution in [3.8, 4) is 5.75 Å². The summed E-state index contributed by atoms with van der Waals surface area (Å²) in [4.78, 5) is 33.0. The zero-order chi connectivity index (χ0) is 19.6. The fourth-order valence-corrected chi connectivity index (χ4v) is 3.45. The monoisotopic (exact) mass is 372 g/mol. The SMILES string of the molecule is COc1cccc(C(=O)N2CCC(c3nc(C)no3)N(C(C)=O)CC2)c1C. The summed E-state index contributed by atoms with van der Waals surface area (Å²) in [6.07, 6.45) is 0.538. The molecule has 1 unspecified atom stereocenters. The van der Waals surface area contributed by atoms with Crippen molar-refractivity contribution in [1.29, 1.82) is 0 Å². The van der Waals surface area contributed by atoms with Crippen LogP contribution in [0.1, 0.15) is 47.0 Å². The van der Waals surface area contributed by atoms with Gasteiger partial charge < -0.3 is 19.1 Å². The predicted molar refractivity (Wildman–Crippen MR) is 97.4 cm³/mol. The van der Waals surface area contributed by atoms with Crippen LogP contribution in [0.3, 0.4) is 0 Å². The van der Waals surface area contributed by atoms with Crippen molar-refractivity contribution in [3.05, 3.63) is 41.0 Å². The highest BCUT2D eigenvalue weighted by Crippen LogP contribution is 2.28. The van der Waals surface area contributed by atoms with Crippen LogP contribution >= 0.6 is 0 Å². The number of ether oxygens (including phenoxy) is 1. The molecule has 8 nitrogen and oxygen atoms in total. The van der Waals surface area contributed by atoms with E-state index in [1.165, 1.54) is 6.92 Å². The zero-order valence-electron chi connectivity index (χ0n) is 16.1. The van der Waals surface area contributed by atoms with Crippen LogP contribution in [0.15, 0.2) is 22.7 Å². The minimum absolute atomic E-state index is 0.0720. The maximum atomic E-state index is 13.1. The van der Waals surface area contributed by atoms with Gasteiger partial charge in [0, 0.05) is 37.7 Å². The van der Waals surface area contributed by atoms with Crippen LogP contribution < -0.4 is 4.74 Å². The van der Waals surface area contributed by atoms with E-state index in [0.717, 1.165) is 5.56 Å². The second-order valence-electron chi connectivity index (χ2n) is 6.62. The number of hydrogen-bond donors (Lipinski definition) is 0. The number of aromatic nitrogens is 2. The lowest BCUT2D eigenvalue weighted by Gasteiger charge is -2.25. The molecule has 0 spiro atoms. The van der Waals surface area contributed by atoms with Crippen LogP contribution in [-0.2, 0) is 4.79 Å². The Balaban J connectivity index is 1.84. The predicted octanol–water partition coefficient (Wildman–Crippen LogP) is 2.13. The Labute approximate surface area is 158 Å². The van der Waals surface area contributed by atoms with Crippen molar-refractivity contribution >= 4 is 11.8 Å². The average molecular weight is 372 g/mol. The normalized spacial score (nSPS) is 17.6. The molecule has 144 valence electrons. The summed E-state index contributed by atoms with van der Waals surface area (Å²) >= 11 is 0. The molecular formula is C19H24N4O4. The van der Waals surface area contributed by atoms with Gasteiger partial charge in [0.1, 0.15) is 11.8 Å². The number of aryl methyl sites for hydroxylation is 1. The van der Waals surface area contributed by atoms with Gasteiger partial charge in [-0.05, 0) is 32.4 Å². The molecule has 0 aliphatic carbocycles. The van der Waals surface area contributed by atoms with E-state index in [1.807, 2.05) is 19.1 Å². The van der Waals surface area contributed by atoms with E-state index in [0.29, 0.717) is 49.1 Å². The van der Waals surface area contributed by atoms with Gasteiger partial charge in [0.25, 0.3) is 5.91 Å². The highest BCUT2D eigenvalue weighted by molar-refractivity contribution is 5.96. The van der Waals surface area contributed by atoms with E-state index >= 15 is 0 Å². The molecule has 0 radical (unpaired) electrons. The molecule has 0 bridgehead atoms. The lowest BCUT2D eigenvalue weighted by atomic mass is 10.1. The Kier molecular flexibility index (Phi) is 5.43. The zero-order valence-corrected chi connectivity index (χ0v) is 16.1. The Bertz CT molecular complexity index is 848. The van der Waals surface area contributed by atoms with Gasteiger partial charge >= 0.3 is 0 Å². The summed E-state index contributed by atoms with van der Waals surface area (Å²) < 4.78 is 10.6. The van der Waals surface area contributed by atoms with Gasteiger partial charge in [0.2, 0.25) is 11.8 Å². The minimum Gasteiger partial charge on any atom is -0.496 e. The summed E-state index contributed by atoms with van der Waals surface area (Å²) in [6, 6.07) is 5.11. The molecule has 1 saturated heterocycles. The van der Waals surface area contributed by atoms with Crippen molar-refractivity contribution in [2.75, 3.05) is 26.7 Å². The maximum absolute atomic E-state index is 13.1. The fraction of sp³-hybridized carbons (Fsp3) is 0.474. The Morgan fingerprint density at radius 2 is 2.00 bits per heavy atom. The quantitative estimate of drug-likeness (QED) is 0.820. The highest BCUT2D eigenvalue weighted by atomic mass is 16.5. The van der Waals surface area contributed by atoms with Crippen molar-refractivity contribution in [3.63, 3.8) is 0 Å². The molecule has 0 saturated carbocycles. The Morgan fingerprint density at radius 3 is 2.63 bits per heavy atom. The molecule has 1 aromatic carbocycles. The third kappa shape index (κ3) is 3.79. The third-order valence-corrected chi connectivity index (χ3v) is 4.91. The largest absolute Gasteiger partial charge is 0.496 e. The molecule has 1 aliphatic rings. The average Bonchev–Trinajstić information content (AvgIpc) is 2.95. The molecule has 0 N–H and O–H groups in total. The number of hydrogen-bond acceptors (Lipinski definition) is 6. The minimum atomic E-state index is -0.326. The molecular weight excluding hydrogens is 348 g/mol. The molecule has 1 aromatic heterocycles. The number of carbonyl (C=O) groups is 2. The van der Waals surface area contributed by atoms with Gasteiger partial charge in [-0.3, -0.25) is 9.59 Å². The van der Waals surface area contributed by atoms with Crippen LogP contribution in [-0.4, -0.2) is 58.5 Å². The molecule has 8 heteroatoms. The molecule has 3 rings (SSSR count). The first-order chi connectivity index (χ1) is 12.9. The second-order valence-corrected chi connectivity index (χ2v) is 6.62. The van der Waals surface area contributed by atoms with E-state index in [1.54, 1.807) is 29.9 Å². The van der Waals surface area contributed by atoms with Gasteiger partial charge in [0.15, 0.2) is 5.82 Å². The number of benzene rings is 1. The Hall–Kier alpha value is -2.90. The van der Waals surface area contributed by atoms with E-state index < -0.39 is 0 Å². The van der Waals surface area contributed by atoms with Crippen LogP contribution in [0.2, 0.25) is 0 Å². The van der Waals surface area contributed by atoms with Gasteiger partial charge in [-0.25, -0.2) is 0 Å². The van der Waals surface area contributed by atoms with Crippen LogP contribution in [0, 0.1) is 13.8 Å². The summed E-state index contributed by atoms with van der Waals surface area (Å²) in [6.45, 7) is 6.47. The van der Waals surface area contributed by atoms with Gasteiger partial charge in [0.05, 0.1) is 7.11 Å². The van der Waals surface area contributed by atoms with Crippen LogP contribution in [0.25, 0.3) is 0 Å². The number of methoxy groups -OCH3 is 1. The number of rotatable bonds is 3. The smallest absolute Gasteiger partial charge is 0.254 e. The molecule has 27 heavy (non-hydrogen) atoms. The topological polar surface area (TPSA) is 88.8 Å². The van der Waals surface area contributed by atoms with Gasteiger partial charge in [-0.1, -0.05) is 11.2 Å². The van der Waals surface area contributed by atoms with Crippen molar-refractivity contribution in [2.45, 2.75) is 33.2 Å². The molecule has 1 atom stereocenters. The van der Waals surface area contributed by atoms with E-state index in [2.05, 4.69) is 10.1 Å². The van der Waals surface area contributed by atoms with E-state index in [-0.39, 0.29) is 17.9 Å². The van der Waals surface area contributed by atoms with E-state index in [9.17, 15) is 9.59 Å². The first-order valence-corrected chi connectivity index (χ1v) is 8.92. The molecule has 2 amide bonds. The lowest BCUT2D eigenvalue weighted by Crippen LogP contribution is -2.37. The first-order valence-electron chi connectivity index (χ1n) is 8.92. The fourth-order valence-electron chi connectivity index (χ4n) is 3.45. The molecule has 1 fully saturated rings. The highest BCUT2D eigenvalue weighted by Gasteiger charge is 2.33. The van der Waals surface area contributed by atoms with E-state index in [4.69, 9.17) is 9.26 Å². The first kappa shape index (κ1) is 18.9. The lowest BCUT2D eigenvalue weighted by molar-refractivity contribution is -0.131.